The van der Waals surface area contributed by atoms with E-state index in [0.29, 0.717) is 11.7 Å². The van der Waals surface area contributed by atoms with E-state index in [2.05, 4.69) is 62.3 Å². The summed E-state index contributed by atoms with van der Waals surface area (Å²) in [5, 5.41) is 8.61. The molecule has 0 radical (unpaired) electrons. The smallest absolute Gasteiger partial charge is 0.170 e. The number of piperidine rings is 1. The number of hydrogen-bond donors (Lipinski definition) is 3. The minimum Gasteiger partial charge on any atom is -0.370 e. The lowest BCUT2D eigenvalue weighted by molar-refractivity contribution is 0.393. The third-order valence-corrected chi connectivity index (χ3v) is 7.79. The van der Waals surface area contributed by atoms with Gasteiger partial charge in [-0.1, -0.05) is 34.6 Å². The average molecular weight is 448 g/mol. The van der Waals surface area contributed by atoms with Crippen molar-refractivity contribution in [3.63, 3.8) is 0 Å². The van der Waals surface area contributed by atoms with Gasteiger partial charge in [0.15, 0.2) is 5.11 Å². The molecule has 0 bridgehead atoms. The topological polar surface area (TPSA) is 66.2 Å². The lowest BCUT2D eigenvalue weighted by Gasteiger charge is -2.31. The van der Waals surface area contributed by atoms with Crippen LogP contribution in [0, 0.1) is 0 Å². The van der Waals surface area contributed by atoms with Crippen molar-refractivity contribution in [1.29, 1.82) is 0 Å². The van der Waals surface area contributed by atoms with Gasteiger partial charge in [0.05, 0.1) is 26.6 Å². The predicted octanol–water partition coefficient (Wildman–Crippen LogP) is 5.39. The zero-order valence-corrected chi connectivity index (χ0v) is 20.7. The van der Waals surface area contributed by atoms with E-state index in [1.807, 2.05) is 0 Å². The largest absolute Gasteiger partial charge is 0.370 e. The number of thiocarbonyl (C=S) groups is 1. The lowest BCUT2D eigenvalue weighted by Crippen LogP contribution is -2.50. The molecule has 2 heterocycles. The molecule has 3 rings (SSSR count). The lowest BCUT2D eigenvalue weighted by atomic mass is 9.94. The van der Waals surface area contributed by atoms with E-state index in [4.69, 9.17) is 22.9 Å². The molecule has 1 saturated heterocycles. The highest BCUT2D eigenvalue weighted by Crippen LogP contribution is 2.38. The fraction of sp³-hybridized carbons (Fsp3) is 0.652. The van der Waals surface area contributed by atoms with Crippen molar-refractivity contribution < 1.29 is 0 Å². The Kier molecular flexibility index (Phi) is 7.25. The van der Waals surface area contributed by atoms with Gasteiger partial charge in [0.2, 0.25) is 0 Å². The van der Waals surface area contributed by atoms with E-state index in [1.54, 1.807) is 11.3 Å². The molecule has 0 amide bonds. The van der Waals surface area contributed by atoms with Gasteiger partial charge in [-0.2, -0.15) is 0 Å². The first-order valence-corrected chi connectivity index (χ1v) is 12.4. The number of hydrogen-bond acceptors (Lipinski definition) is 5. The van der Waals surface area contributed by atoms with Crippen LogP contribution >= 0.6 is 23.6 Å². The van der Waals surface area contributed by atoms with Crippen LogP contribution < -0.4 is 21.3 Å². The second-order valence-corrected chi connectivity index (χ2v) is 11.0. The number of benzene rings is 1. The summed E-state index contributed by atoms with van der Waals surface area (Å²) in [6, 6.07) is 4.46. The fourth-order valence-electron chi connectivity index (χ4n) is 3.70. The second-order valence-electron chi connectivity index (χ2n) is 9.53. The summed E-state index contributed by atoms with van der Waals surface area (Å²) < 4.78 is 1.20. The number of rotatable bonds is 6. The van der Waals surface area contributed by atoms with Crippen LogP contribution in [0.1, 0.15) is 71.7 Å². The van der Waals surface area contributed by atoms with E-state index >= 15 is 0 Å². The van der Waals surface area contributed by atoms with Crippen LogP contribution in [-0.4, -0.2) is 35.3 Å². The van der Waals surface area contributed by atoms with Crippen molar-refractivity contribution in [3.8, 4) is 0 Å². The third-order valence-electron chi connectivity index (χ3n) is 6.10. The maximum atomic E-state index is 6.44. The molecule has 0 atom stereocenters. The zero-order chi connectivity index (χ0) is 21.9. The van der Waals surface area contributed by atoms with Crippen LogP contribution in [0.4, 0.5) is 11.4 Å². The quantitative estimate of drug-likeness (QED) is 0.516. The standard InChI is InChI=1S/C23H37N5S2/c1-6-23(24,7-2)15-25-21(29)27-16-14-19-17(26-20(30-19)22(3,4)5)13-18(16)28-11-9-8-10-12-28/h13-14H,6-12,15,24H2,1-5H3,(H2,25,27,29). The maximum absolute atomic E-state index is 6.44. The monoisotopic (exact) mass is 447 g/mol. The van der Waals surface area contributed by atoms with Crippen molar-refractivity contribution in [2.24, 2.45) is 5.73 Å². The molecule has 0 spiro atoms. The van der Waals surface area contributed by atoms with Crippen molar-refractivity contribution in [3.05, 3.63) is 17.1 Å². The predicted molar refractivity (Wildman–Crippen MR) is 136 cm³/mol. The van der Waals surface area contributed by atoms with Crippen LogP contribution in [0.5, 0.6) is 0 Å². The van der Waals surface area contributed by atoms with E-state index < -0.39 is 0 Å². The van der Waals surface area contributed by atoms with Gasteiger partial charge in [-0.3, -0.25) is 0 Å². The van der Waals surface area contributed by atoms with Gasteiger partial charge in [0.1, 0.15) is 0 Å². The van der Waals surface area contributed by atoms with Gasteiger partial charge in [-0.05, 0) is 56.5 Å². The number of nitrogens with two attached hydrogens (primary N) is 1. The summed E-state index contributed by atoms with van der Waals surface area (Å²) in [7, 11) is 0. The van der Waals surface area contributed by atoms with Crippen LogP contribution in [0.25, 0.3) is 10.2 Å². The highest BCUT2D eigenvalue weighted by atomic mass is 32.1. The van der Waals surface area contributed by atoms with Gasteiger partial charge >= 0.3 is 0 Å². The Balaban J connectivity index is 1.89. The Morgan fingerprint density at radius 3 is 2.43 bits per heavy atom. The number of nitrogens with one attached hydrogen (secondary N) is 2. The fourth-order valence-corrected chi connectivity index (χ4v) is 4.93. The first-order chi connectivity index (χ1) is 14.1. The molecule has 1 fully saturated rings. The van der Waals surface area contributed by atoms with E-state index in [1.165, 1.54) is 34.7 Å². The zero-order valence-electron chi connectivity index (χ0n) is 19.1. The molecule has 1 aliphatic rings. The molecule has 1 aliphatic heterocycles. The van der Waals surface area contributed by atoms with Crippen LogP contribution in [-0.2, 0) is 5.41 Å². The molecular weight excluding hydrogens is 410 g/mol. The summed E-state index contributed by atoms with van der Waals surface area (Å²) in [6.07, 6.45) is 5.60. The summed E-state index contributed by atoms with van der Waals surface area (Å²) in [5.41, 5.74) is 9.58. The van der Waals surface area contributed by atoms with Crippen LogP contribution in [0.3, 0.4) is 0 Å². The number of thiazole rings is 1. The van der Waals surface area contributed by atoms with Crippen molar-refractivity contribution in [1.82, 2.24) is 10.3 Å². The van der Waals surface area contributed by atoms with Gasteiger partial charge in [-0.15, -0.1) is 11.3 Å². The van der Waals surface area contributed by atoms with Crippen molar-refractivity contribution in [2.45, 2.75) is 77.7 Å². The number of nitrogens with zero attached hydrogens (tertiary/aromatic N) is 2. The van der Waals surface area contributed by atoms with Crippen LogP contribution in [0.2, 0.25) is 0 Å². The van der Waals surface area contributed by atoms with Gasteiger partial charge in [-0.25, -0.2) is 4.98 Å². The third kappa shape index (κ3) is 5.42. The minimum absolute atomic E-state index is 0.0458. The Bertz CT molecular complexity index is 874. The molecule has 0 aliphatic carbocycles. The van der Waals surface area contributed by atoms with Gasteiger partial charge < -0.3 is 21.3 Å². The first-order valence-electron chi connectivity index (χ1n) is 11.2. The molecule has 4 N–H and O–H groups in total. The molecule has 1 aromatic heterocycles. The number of aromatic nitrogens is 1. The molecule has 30 heavy (non-hydrogen) atoms. The summed E-state index contributed by atoms with van der Waals surface area (Å²) >= 11 is 7.41. The molecule has 7 heteroatoms. The highest BCUT2D eigenvalue weighted by molar-refractivity contribution is 7.80. The molecule has 166 valence electrons. The normalized spacial score (nSPS) is 15.5. The second kappa shape index (κ2) is 9.37. The highest BCUT2D eigenvalue weighted by Gasteiger charge is 2.23. The maximum Gasteiger partial charge on any atom is 0.170 e. The minimum atomic E-state index is -0.231. The van der Waals surface area contributed by atoms with E-state index in [0.717, 1.165) is 37.1 Å². The summed E-state index contributed by atoms with van der Waals surface area (Å²) in [5.74, 6) is 0. The Hall–Kier alpha value is -1.44. The molecule has 0 unspecified atom stereocenters. The Labute approximate surface area is 190 Å². The van der Waals surface area contributed by atoms with Gasteiger partial charge in [0.25, 0.3) is 0 Å². The van der Waals surface area contributed by atoms with Gasteiger partial charge in [0, 0.05) is 30.6 Å². The number of anilines is 2. The summed E-state index contributed by atoms with van der Waals surface area (Å²) in [6.45, 7) is 13.7. The van der Waals surface area contributed by atoms with Crippen molar-refractivity contribution >= 4 is 50.3 Å². The van der Waals surface area contributed by atoms with Crippen molar-refractivity contribution in [2.75, 3.05) is 29.9 Å². The number of fused-ring (bicyclic) bond motifs is 1. The average Bonchev–Trinajstić information content (AvgIpc) is 3.16. The van der Waals surface area contributed by atoms with E-state index in [-0.39, 0.29) is 11.0 Å². The first kappa shape index (κ1) is 23.2. The van der Waals surface area contributed by atoms with E-state index in [9.17, 15) is 0 Å². The SMILES string of the molecule is CCC(N)(CC)CNC(=S)Nc1cc2sc(C(C)(C)C)nc2cc1N1CCCCC1. The Morgan fingerprint density at radius 2 is 1.83 bits per heavy atom. The molecule has 5 nitrogen and oxygen atoms in total. The Morgan fingerprint density at radius 1 is 1.17 bits per heavy atom. The molecule has 1 aromatic carbocycles. The van der Waals surface area contributed by atoms with Crippen LogP contribution in [0.15, 0.2) is 12.1 Å². The molecule has 0 saturated carbocycles. The molecular formula is C23H37N5S2. The summed E-state index contributed by atoms with van der Waals surface area (Å²) in [4.78, 5) is 7.42. The molecule has 2 aromatic rings.